The van der Waals surface area contributed by atoms with Crippen molar-refractivity contribution < 1.29 is 9.53 Å². The molecule has 0 aliphatic rings. The van der Waals surface area contributed by atoms with Crippen LogP contribution in [0.15, 0.2) is 46.9 Å². The Kier molecular flexibility index (Phi) is 5.26. The molecule has 0 atom stereocenters. The second kappa shape index (κ2) is 6.96. The van der Waals surface area contributed by atoms with E-state index in [-0.39, 0.29) is 5.91 Å². The highest BCUT2D eigenvalue weighted by atomic mass is 79.9. The molecule has 2 aromatic carbocycles. The number of rotatable bonds is 4. The van der Waals surface area contributed by atoms with E-state index in [4.69, 9.17) is 16.3 Å². The van der Waals surface area contributed by atoms with Crippen LogP contribution in [0.1, 0.15) is 15.9 Å². The number of hydrogen-bond acceptors (Lipinski definition) is 2. The fourth-order valence-electron chi connectivity index (χ4n) is 2.04. The summed E-state index contributed by atoms with van der Waals surface area (Å²) in [5.74, 6) is 0.629. The maximum Gasteiger partial charge on any atom is 0.255 e. The molecular formula is C16H15BrClNO2. The van der Waals surface area contributed by atoms with Crippen LogP contribution in [0.4, 0.5) is 0 Å². The molecule has 0 aliphatic heterocycles. The second-order valence-corrected chi connectivity index (χ2v) is 5.81. The zero-order valence-electron chi connectivity index (χ0n) is 11.8. The van der Waals surface area contributed by atoms with E-state index >= 15 is 0 Å². The largest absolute Gasteiger partial charge is 0.496 e. The van der Waals surface area contributed by atoms with Gasteiger partial charge >= 0.3 is 0 Å². The lowest BCUT2D eigenvalue weighted by atomic mass is 10.1. The zero-order valence-corrected chi connectivity index (χ0v) is 14.1. The molecular weight excluding hydrogens is 354 g/mol. The minimum absolute atomic E-state index is 0.132. The molecule has 0 saturated carbocycles. The number of nitrogens with zero attached hydrogens (tertiary/aromatic N) is 1. The van der Waals surface area contributed by atoms with E-state index in [9.17, 15) is 4.79 Å². The van der Waals surface area contributed by atoms with Crippen LogP contribution in [0.3, 0.4) is 0 Å². The average molecular weight is 369 g/mol. The summed E-state index contributed by atoms with van der Waals surface area (Å²) in [7, 11) is 3.36. The van der Waals surface area contributed by atoms with Gasteiger partial charge in [-0.2, -0.15) is 0 Å². The SMILES string of the molecule is COc1ccccc1CN(C)C(=O)c1cccc(Br)c1Cl. The normalized spacial score (nSPS) is 10.3. The Balaban J connectivity index is 2.22. The van der Waals surface area contributed by atoms with Crippen LogP contribution >= 0.6 is 27.5 Å². The molecule has 0 heterocycles. The van der Waals surface area contributed by atoms with Gasteiger partial charge in [-0.05, 0) is 34.1 Å². The van der Waals surface area contributed by atoms with E-state index in [0.717, 1.165) is 11.3 Å². The second-order valence-electron chi connectivity index (χ2n) is 4.57. The minimum atomic E-state index is -0.132. The van der Waals surface area contributed by atoms with Gasteiger partial charge in [-0.25, -0.2) is 0 Å². The fraction of sp³-hybridized carbons (Fsp3) is 0.188. The van der Waals surface area contributed by atoms with Crippen molar-refractivity contribution >= 4 is 33.4 Å². The third-order valence-corrected chi connectivity index (χ3v) is 4.43. The molecule has 1 amide bonds. The molecule has 0 radical (unpaired) electrons. The molecule has 21 heavy (non-hydrogen) atoms. The first-order chi connectivity index (χ1) is 10.0. The number of amides is 1. The highest BCUT2D eigenvalue weighted by Gasteiger charge is 2.17. The summed E-state index contributed by atoms with van der Waals surface area (Å²) in [5.41, 5.74) is 1.42. The highest BCUT2D eigenvalue weighted by Crippen LogP contribution is 2.27. The van der Waals surface area contributed by atoms with Gasteiger partial charge in [0.25, 0.3) is 5.91 Å². The Morgan fingerprint density at radius 3 is 2.67 bits per heavy atom. The van der Waals surface area contributed by atoms with Crippen LogP contribution in [0, 0.1) is 0 Å². The summed E-state index contributed by atoms with van der Waals surface area (Å²) in [6.45, 7) is 0.450. The number of ether oxygens (including phenoxy) is 1. The van der Waals surface area contributed by atoms with Crippen molar-refractivity contribution in [3.8, 4) is 5.75 Å². The predicted octanol–water partition coefficient (Wildman–Crippen LogP) is 4.38. The van der Waals surface area contributed by atoms with E-state index < -0.39 is 0 Å². The molecule has 0 bridgehead atoms. The van der Waals surface area contributed by atoms with Crippen molar-refractivity contribution in [3.63, 3.8) is 0 Å². The van der Waals surface area contributed by atoms with Gasteiger partial charge in [-0.15, -0.1) is 0 Å². The molecule has 0 aliphatic carbocycles. The lowest BCUT2D eigenvalue weighted by Gasteiger charge is -2.19. The number of benzene rings is 2. The van der Waals surface area contributed by atoms with E-state index in [1.165, 1.54) is 0 Å². The summed E-state index contributed by atoms with van der Waals surface area (Å²) in [4.78, 5) is 14.1. The maximum atomic E-state index is 12.5. The van der Waals surface area contributed by atoms with Gasteiger partial charge in [0.05, 0.1) is 17.7 Å². The third kappa shape index (κ3) is 3.57. The van der Waals surface area contributed by atoms with E-state index in [2.05, 4.69) is 15.9 Å². The topological polar surface area (TPSA) is 29.5 Å². The predicted molar refractivity (Wildman–Crippen MR) is 87.9 cm³/mol. The average Bonchev–Trinajstić information content (AvgIpc) is 2.50. The van der Waals surface area contributed by atoms with Crippen LogP contribution < -0.4 is 4.74 Å². The molecule has 2 aromatic rings. The molecule has 0 saturated heterocycles. The summed E-state index contributed by atoms with van der Waals surface area (Å²) < 4.78 is 6.01. The zero-order chi connectivity index (χ0) is 15.4. The van der Waals surface area contributed by atoms with Gasteiger partial charge in [-0.1, -0.05) is 35.9 Å². The van der Waals surface area contributed by atoms with Gasteiger partial charge in [0.1, 0.15) is 5.75 Å². The molecule has 0 N–H and O–H groups in total. The monoisotopic (exact) mass is 367 g/mol. The smallest absolute Gasteiger partial charge is 0.255 e. The quantitative estimate of drug-likeness (QED) is 0.801. The Morgan fingerprint density at radius 2 is 1.95 bits per heavy atom. The maximum absolute atomic E-state index is 12.5. The summed E-state index contributed by atoms with van der Waals surface area (Å²) >= 11 is 9.51. The van der Waals surface area contributed by atoms with Crippen LogP contribution in [-0.2, 0) is 6.54 Å². The standard InChI is InChI=1S/C16H15BrClNO2/c1-19(10-11-6-3-4-9-14(11)21-2)16(20)12-7-5-8-13(17)15(12)18/h3-9H,10H2,1-2H3. The number of hydrogen-bond donors (Lipinski definition) is 0. The summed E-state index contributed by atoms with van der Waals surface area (Å²) in [6, 6.07) is 12.9. The van der Waals surface area contributed by atoms with Crippen LogP contribution in [0.5, 0.6) is 5.75 Å². The van der Waals surface area contributed by atoms with Crippen molar-refractivity contribution in [1.29, 1.82) is 0 Å². The van der Waals surface area contributed by atoms with E-state index in [1.54, 1.807) is 37.3 Å². The number of halogens is 2. The van der Waals surface area contributed by atoms with Crippen molar-refractivity contribution in [2.45, 2.75) is 6.54 Å². The Morgan fingerprint density at radius 1 is 1.24 bits per heavy atom. The molecule has 0 spiro atoms. The lowest BCUT2D eigenvalue weighted by molar-refractivity contribution is 0.0784. The third-order valence-electron chi connectivity index (χ3n) is 3.13. The number of carbonyl (C=O) groups is 1. The van der Waals surface area contributed by atoms with E-state index in [1.807, 2.05) is 24.3 Å². The molecule has 2 rings (SSSR count). The minimum Gasteiger partial charge on any atom is -0.496 e. The molecule has 0 unspecified atom stereocenters. The highest BCUT2D eigenvalue weighted by molar-refractivity contribution is 9.10. The van der Waals surface area contributed by atoms with E-state index in [0.29, 0.717) is 21.6 Å². The summed E-state index contributed by atoms with van der Waals surface area (Å²) in [5, 5.41) is 0.425. The van der Waals surface area contributed by atoms with Crippen molar-refractivity contribution in [1.82, 2.24) is 4.90 Å². The first-order valence-corrected chi connectivity index (χ1v) is 7.53. The molecule has 0 aromatic heterocycles. The lowest BCUT2D eigenvalue weighted by Crippen LogP contribution is -2.26. The number of methoxy groups -OCH3 is 1. The molecule has 0 fully saturated rings. The van der Waals surface area contributed by atoms with Crippen LogP contribution in [-0.4, -0.2) is 25.0 Å². The van der Waals surface area contributed by atoms with Gasteiger partial charge in [-0.3, -0.25) is 4.79 Å². The van der Waals surface area contributed by atoms with Crippen LogP contribution in [0.2, 0.25) is 5.02 Å². The summed E-state index contributed by atoms with van der Waals surface area (Å²) in [6.07, 6.45) is 0. The molecule has 3 nitrogen and oxygen atoms in total. The Hall–Kier alpha value is -1.52. The van der Waals surface area contributed by atoms with Gasteiger partial charge in [0.2, 0.25) is 0 Å². The van der Waals surface area contributed by atoms with Crippen molar-refractivity contribution in [3.05, 3.63) is 63.1 Å². The molecule has 110 valence electrons. The Bertz CT molecular complexity index is 660. The van der Waals surface area contributed by atoms with Crippen LogP contribution in [0.25, 0.3) is 0 Å². The van der Waals surface area contributed by atoms with Gasteiger partial charge in [0.15, 0.2) is 0 Å². The first-order valence-electron chi connectivity index (χ1n) is 6.36. The number of carbonyl (C=O) groups excluding carboxylic acids is 1. The van der Waals surface area contributed by atoms with Gasteiger partial charge in [0, 0.05) is 23.6 Å². The number of para-hydroxylation sites is 1. The Labute approximate surface area is 137 Å². The van der Waals surface area contributed by atoms with Gasteiger partial charge < -0.3 is 9.64 Å². The first kappa shape index (κ1) is 15.9. The fourth-order valence-corrected chi connectivity index (χ4v) is 2.61. The molecule has 5 heteroatoms. The van der Waals surface area contributed by atoms with Crippen molar-refractivity contribution in [2.24, 2.45) is 0 Å². The van der Waals surface area contributed by atoms with Crippen molar-refractivity contribution in [2.75, 3.05) is 14.2 Å².